The van der Waals surface area contributed by atoms with E-state index in [9.17, 15) is 10.2 Å². The van der Waals surface area contributed by atoms with Crippen molar-refractivity contribution >= 4 is 10.8 Å². The first-order valence-corrected chi connectivity index (χ1v) is 14.5. The number of nitrogens with zero attached hydrogens (tertiary/aromatic N) is 3. The third-order valence-corrected chi connectivity index (χ3v) is 10.3. The fraction of sp³-hybridized carbons (Fsp3) is 0.424. The molecule has 2 N–H and O–H groups in total. The third-order valence-electron chi connectivity index (χ3n) is 10.3. The van der Waals surface area contributed by atoms with Crippen molar-refractivity contribution in [2.24, 2.45) is 11.3 Å². The Hall–Kier alpha value is -3.39. The number of likely N-dealkylation sites (tertiary alicyclic amines) is 1. The molecular formula is C33H35N3O4. The molecule has 7 heteroatoms. The Morgan fingerprint density at radius 2 is 1.98 bits per heavy atom. The normalized spacial score (nSPS) is 34.2. The lowest BCUT2D eigenvalue weighted by Gasteiger charge is -2.58. The van der Waals surface area contributed by atoms with Gasteiger partial charge in [-0.15, -0.1) is 5.10 Å². The Labute approximate surface area is 234 Å². The summed E-state index contributed by atoms with van der Waals surface area (Å²) < 4.78 is 15.0. The highest BCUT2D eigenvalue weighted by atomic mass is 16.5. The summed E-state index contributed by atoms with van der Waals surface area (Å²) in [6.07, 6.45) is 8.09. The number of allylic oxidation sites excluding steroid dienone is 1. The molecular weight excluding hydrogens is 502 g/mol. The smallest absolute Gasteiger partial charge is 0.233 e. The first kappa shape index (κ1) is 24.4. The molecule has 0 amide bonds. The molecule has 0 saturated carbocycles. The minimum absolute atomic E-state index is 0.264. The number of ether oxygens (including phenoxy) is 2. The Morgan fingerprint density at radius 3 is 2.85 bits per heavy atom. The van der Waals surface area contributed by atoms with Crippen LogP contribution in [0.4, 0.5) is 0 Å². The zero-order valence-electron chi connectivity index (χ0n) is 23.0. The molecule has 0 radical (unpaired) electrons. The molecule has 3 aliphatic carbocycles. The van der Waals surface area contributed by atoms with Crippen LogP contribution in [0.5, 0.6) is 5.88 Å². The van der Waals surface area contributed by atoms with E-state index in [1.165, 1.54) is 16.5 Å². The van der Waals surface area contributed by atoms with Gasteiger partial charge < -0.3 is 24.6 Å². The lowest BCUT2D eigenvalue weighted by atomic mass is 9.50. The van der Waals surface area contributed by atoms with Crippen LogP contribution in [-0.4, -0.2) is 68.9 Å². The first-order valence-electron chi connectivity index (χ1n) is 14.5. The second kappa shape index (κ2) is 8.56. The summed E-state index contributed by atoms with van der Waals surface area (Å²) in [6.45, 7) is 3.32. The van der Waals surface area contributed by atoms with Crippen LogP contribution in [0.1, 0.15) is 31.4 Å². The van der Waals surface area contributed by atoms with Gasteiger partial charge in [0.25, 0.3) is 0 Å². The molecule has 1 unspecified atom stereocenters. The number of hydrogen-bond acceptors (Lipinski definition) is 6. The summed E-state index contributed by atoms with van der Waals surface area (Å²) >= 11 is 0. The van der Waals surface area contributed by atoms with Crippen molar-refractivity contribution in [1.82, 2.24) is 14.7 Å². The predicted molar refractivity (Wildman–Crippen MR) is 153 cm³/mol. The number of aromatic nitrogens is 2. The van der Waals surface area contributed by atoms with Crippen LogP contribution >= 0.6 is 0 Å². The molecule has 3 aromatic rings. The summed E-state index contributed by atoms with van der Waals surface area (Å²) in [5, 5.41) is 29.7. The van der Waals surface area contributed by atoms with Gasteiger partial charge in [0.15, 0.2) is 0 Å². The molecule has 40 heavy (non-hydrogen) atoms. The van der Waals surface area contributed by atoms with Crippen molar-refractivity contribution in [3.8, 4) is 11.6 Å². The van der Waals surface area contributed by atoms with Gasteiger partial charge in [-0.2, -0.15) is 0 Å². The number of aryl methyl sites for hydroxylation is 1. The molecule has 2 bridgehead atoms. The Morgan fingerprint density at radius 1 is 1.12 bits per heavy atom. The van der Waals surface area contributed by atoms with Gasteiger partial charge in [0.05, 0.1) is 24.5 Å². The van der Waals surface area contributed by atoms with E-state index in [-0.39, 0.29) is 23.2 Å². The maximum Gasteiger partial charge on any atom is 0.233 e. The van der Waals surface area contributed by atoms with Crippen LogP contribution in [-0.2, 0) is 4.74 Å². The van der Waals surface area contributed by atoms with E-state index >= 15 is 0 Å². The average Bonchev–Trinajstić information content (AvgIpc) is 3.48. The van der Waals surface area contributed by atoms with Gasteiger partial charge >= 0.3 is 0 Å². The first-order chi connectivity index (χ1) is 19.4. The summed E-state index contributed by atoms with van der Waals surface area (Å²) in [6, 6.07) is 17.0. The fourth-order valence-electron chi connectivity index (χ4n) is 8.55. The highest BCUT2D eigenvalue weighted by molar-refractivity contribution is 5.84. The van der Waals surface area contributed by atoms with Gasteiger partial charge in [0.1, 0.15) is 11.4 Å². The van der Waals surface area contributed by atoms with E-state index < -0.39 is 11.7 Å². The highest BCUT2D eigenvalue weighted by Crippen LogP contribution is 2.68. The van der Waals surface area contributed by atoms with Gasteiger partial charge in [-0.1, -0.05) is 48.1 Å². The van der Waals surface area contributed by atoms with E-state index in [0.717, 1.165) is 42.6 Å². The summed E-state index contributed by atoms with van der Waals surface area (Å²) in [5.74, 6) is 1.08. The molecule has 3 heterocycles. The molecule has 1 spiro atoms. The van der Waals surface area contributed by atoms with Crippen LogP contribution < -0.4 is 4.74 Å². The minimum atomic E-state index is -0.958. The predicted octanol–water partition coefficient (Wildman–Crippen LogP) is 5.02. The minimum Gasteiger partial charge on any atom is -0.509 e. The van der Waals surface area contributed by atoms with E-state index in [0.29, 0.717) is 24.9 Å². The number of piperidine rings is 1. The van der Waals surface area contributed by atoms with E-state index in [1.807, 2.05) is 42.0 Å². The fourth-order valence-corrected chi connectivity index (χ4v) is 8.55. The Kier molecular flexibility index (Phi) is 5.22. The van der Waals surface area contributed by atoms with Crippen LogP contribution in [0.3, 0.4) is 0 Å². The Bertz CT molecular complexity index is 1620. The van der Waals surface area contributed by atoms with Crippen LogP contribution in [0.25, 0.3) is 16.5 Å². The summed E-state index contributed by atoms with van der Waals surface area (Å²) in [4.78, 5) is 2.47. The molecule has 2 saturated heterocycles. The third kappa shape index (κ3) is 3.20. The molecule has 2 aliphatic heterocycles. The van der Waals surface area contributed by atoms with Gasteiger partial charge in [-0.25, -0.2) is 4.68 Å². The van der Waals surface area contributed by atoms with Gasteiger partial charge in [-0.05, 0) is 74.3 Å². The zero-order chi connectivity index (χ0) is 27.2. The van der Waals surface area contributed by atoms with Gasteiger partial charge in [-0.3, -0.25) is 0 Å². The SMILES string of the molecule is Cc1cc(OCCC23O[C@H]4[C@@H](O)C=C[C@H]5[C@H]6CC(=C2[C@]54CCN6C)CC=C3O)nn1-c1ccc2ccccc2c1. The topological polar surface area (TPSA) is 80.0 Å². The standard InChI is InChI=1S/C33H35N3O4/c1-20-17-29(34-36(20)24-9-7-21-5-3-4-6-22(21)18-24)39-16-14-33-28(38)12-8-23-19-26-25-10-11-27(37)31(40-33)32(25,30(23)33)13-15-35(26)2/h3-7,9-12,17-18,25-27,31,37-38H,8,13-16,19H2,1-2H3/t25-,26+,27-,31-,32-,33?/m0/s1. The molecule has 5 aliphatic rings. The number of rotatable bonds is 5. The average molecular weight is 538 g/mol. The largest absolute Gasteiger partial charge is 0.509 e. The number of benzene rings is 2. The maximum absolute atomic E-state index is 11.4. The number of hydrogen-bond donors (Lipinski definition) is 2. The van der Waals surface area contributed by atoms with E-state index in [1.54, 1.807) is 0 Å². The molecule has 6 atom stereocenters. The molecule has 8 rings (SSSR count). The maximum atomic E-state index is 11.4. The van der Waals surface area contributed by atoms with Crippen LogP contribution in [0, 0.1) is 18.3 Å². The Balaban J connectivity index is 1.09. The highest BCUT2D eigenvalue weighted by Gasteiger charge is 2.71. The number of aliphatic hydroxyl groups is 2. The molecule has 2 fully saturated rings. The monoisotopic (exact) mass is 537 g/mol. The lowest BCUT2D eigenvalue weighted by molar-refractivity contribution is -0.122. The molecule has 206 valence electrons. The van der Waals surface area contributed by atoms with Crippen LogP contribution in [0.2, 0.25) is 0 Å². The number of aliphatic hydroxyl groups excluding tert-OH is 2. The number of fused-ring (bicyclic) bond motifs is 1. The van der Waals surface area contributed by atoms with E-state index in [4.69, 9.17) is 14.6 Å². The second-order valence-electron chi connectivity index (χ2n) is 12.2. The van der Waals surface area contributed by atoms with Crippen molar-refractivity contribution in [2.75, 3.05) is 20.2 Å². The summed E-state index contributed by atoms with van der Waals surface area (Å²) in [7, 11) is 2.21. The quantitative estimate of drug-likeness (QED) is 0.445. The van der Waals surface area contributed by atoms with Crippen molar-refractivity contribution in [3.63, 3.8) is 0 Å². The van der Waals surface area contributed by atoms with Crippen molar-refractivity contribution in [2.45, 2.75) is 56.5 Å². The lowest BCUT2D eigenvalue weighted by Crippen LogP contribution is -2.61. The van der Waals surface area contributed by atoms with Gasteiger partial charge in [0.2, 0.25) is 5.88 Å². The van der Waals surface area contributed by atoms with E-state index in [2.05, 4.69) is 48.4 Å². The van der Waals surface area contributed by atoms with Crippen LogP contribution in [0.15, 0.2) is 83.7 Å². The second-order valence-corrected chi connectivity index (χ2v) is 12.2. The zero-order valence-corrected chi connectivity index (χ0v) is 23.0. The van der Waals surface area contributed by atoms with Gasteiger partial charge in [0, 0.05) is 35.6 Å². The summed E-state index contributed by atoms with van der Waals surface area (Å²) in [5.41, 5.74) is 3.32. The molecule has 7 nitrogen and oxygen atoms in total. The van der Waals surface area contributed by atoms with Crippen molar-refractivity contribution in [3.05, 3.63) is 89.4 Å². The van der Waals surface area contributed by atoms with Crippen molar-refractivity contribution in [1.29, 1.82) is 0 Å². The van der Waals surface area contributed by atoms with Crippen molar-refractivity contribution < 1.29 is 19.7 Å². The molecule has 2 aromatic carbocycles. The molecule has 1 aromatic heterocycles.